The molecule has 0 bridgehead atoms. The predicted molar refractivity (Wildman–Crippen MR) is 143 cm³/mol. The van der Waals surface area contributed by atoms with E-state index in [2.05, 4.69) is 82.8 Å². The van der Waals surface area contributed by atoms with E-state index in [1.54, 1.807) is 0 Å². The minimum absolute atomic E-state index is 0.851. The molecule has 35 heavy (non-hydrogen) atoms. The zero-order valence-electron chi connectivity index (χ0n) is 18.8. The molecule has 7 aromatic rings. The number of benzene rings is 4. The van der Waals surface area contributed by atoms with Gasteiger partial charge >= 0.3 is 0 Å². The molecular formula is C32H20N2O. The smallest absolute Gasteiger partial charge is 0.144 e. The Morgan fingerprint density at radius 1 is 0.514 bits per heavy atom. The van der Waals surface area contributed by atoms with Crippen molar-refractivity contribution in [3.05, 3.63) is 122 Å². The molecule has 0 aliphatic heterocycles. The van der Waals surface area contributed by atoms with E-state index in [0.717, 1.165) is 66.2 Å². The molecule has 0 spiro atoms. The van der Waals surface area contributed by atoms with Crippen molar-refractivity contribution in [2.75, 3.05) is 0 Å². The molecule has 0 saturated carbocycles. The lowest BCUT2D eigenvalue weighted by atomic mass is 9.92. The summed E-state index contributed by atoms with van der Waals surface area (Å²) in [6.07, 6.45) is 5.59. The summed E-state index contributed by atoms with van der Waals surface area (Å²) in [7, 11) is 0. The third-order valence-electron chi connectivity index (χ3n) is 6.65. The zero-order valence-corrected chi connectivity index (χ0v) is 18.8. The fourth-order valence-corrected chi connectivity index (χ4v) is 5.04. The van der Waals surface area contributed by atoms with E-state index in [4.69, 9.17) is 4.42 Å². The third kappa shape index (κ3) is 3.13. The Kier molecular flexibility index (Phi) is 4.46. The molecule has 4 aromatic carbocycles. The van der Waals surface area contributed by atoms with Gasteiger partial charge in [0.1, 0.15) is 11.2 Å². The molecular weight excluding hydrogens is 428 g/mol. The number of aromatic nitrogens is 2. The van der Waals surface area contributed by atoms with Crippen LogP contribution < -0.4 is 0 Å². The van der Waals surface area contributed by atoms with Crippen LogP contribution in [0.5, 0.6) is 0 Å². The van der Waals surface area contributed by atoms with Gasteiger partial charge < -0.3 is 4.42 Å². The van der Waals surface area contributed by atoms with Crippen molar-refractivity contribution in [1.29, 1.82) is 0 Å². The van der Waals surface area contributed by atoms with Gasteiger partial charge in [-0.1, -0.05) is 72.8 Å². The first-order chi connectivity index (χ1) is 17.4. The summed E-state index contributed by atoms with van der Waals surface area (Å²) in [5, 5.41) is 4.46. The molecule has 0 fully saturated rings. The van der Waals surface area contributed by atoms with Crippen LogP contribution in [0.2, 0.25) is 0 Å². The van der Waals surface area contributed by atoms with Gasteiger partial charge in [-0.15, -0.1) is 0 Å². The van der Waals surface area contributed by atoms with Crippen molar-refractivity contribution in [2.24, 2.45) is 0 Å². The number of fused-ring (bicyclic) bond motifs is 4. The Morgan fingerprint density at radius 3 is 2.23 bits per heavy atom. The minimum atomic E-state index is 0.851. The van der Waals surface area contributed by atoms with Crippen molar-refractivity contribution >= 4 is 32.7 Å². The maximum absolute atomic E-state index is 6.77. The van der Waals surface area contributed by atoms with Gasteiger partial charge in [-0.3, -0.25) is 9.97 Å². The zero-order chi connectivity index (χ0) is 23.2. The van der Waals surface area contributed by atoms with Gasteiger partial charge in [-0.2, -0.15) is 0 Å². The van der Waals surface area contributed by atoms with E-state index in [0.29, 0.717) is 0 Å². The number of hydrogen-bond acceptors (Lipinski definition) is 3. The van der Waals surface area contributed by atoms with Gasteiger partial charge in [0.2, 0.25) is 0 Å². The van der Waals surface area contributed by atoms with Crippen molar-refractivity contribution < 1.29 is 4.42 Å². The van der Waals surface area contributed by atoms with Crippen LogP contribution in [0.15, 0.2) is 126 Å². The van der Waals surface area contributed by atoms with Gasteiger partial charge in [-0.25, -0.2) is 0 Å². The molecule has 3 aromatic heterocycles. The highest BCUT2D eigenvalue weighted by Crippen LogP contribution is 2.44. The summed E-state index contributed by atoms with van der Waals surface area (Å²) in [6.45, 7) is 0. The second kappa shape index (κ2) is 7.93. The van der Waals surface area contributed by atoms with Gasteiger partial charge in [0.15, 0.2) is 0 Å². The lowest BCUT2D eigenvalue weighted by Crippen LogP contribution is -1.86. The highest BCUT2D eigenvalue weighted by Gasteiger charge is 2.20. The standard InChI is InChI=1S/C32H20N2O/c1-2-8-21(9-3-1)23-15-16-25(24-11-6-10-22-17-19-33-20-28(22)24)32-30(23)27-13-7-12-26(31(27)35-32)29-14-4-5-18-34-29/h1-20H. The second-order valence-corrected chi connectivity index (χ2v) is 8.63. The summed E-state index contributed by atoms with van der Waals surface area (Å²) in [5.41, 5.74) is 8.10. The SMILES string of the molecule is c1ccc(-c2ccc(-c3cccc4ccncc34)c3oc4c(-c5ccccn5)cccc4c23)cc1. The van der Waals surface area contributed by atoms with Crippen molar-refractivity contribution in [2.45, 2.75) is 0 Å². The average molecular weight is 449 g/mol. The molecule has 0 unspecified atom stereocenters. The van der Waals surface area contributed by atoms with E-state index in [1.807, 2.05) is 48.9 Å². The molecule has 0 amide bonds. The number of para-hydroxylation sites is 1. The topological polar surface area (TPSA) is 38.9 Å². The van der Waals surface area contributed by atoms with Crippen LogP contribution in [0.4, 0.5) is 0 Å². The first-order valence-corrected chi connectivity index (χ1v) is 11.7. The summed E-state index contributed by atoms with van der Waals surface area (Å²) in [4.78, 5) is 9.01. The third-order valence-corrected chi connectivity index (χ3v) is 6.65. The average Bonchev–Trinajstić information content (AvgIpc) is 3.33. The Labute approximate surface area is 202 Å². The Morgan fingerprint density at radius 2 is 1.34 bits per heavy atom. The van der Waals surface area contributed by atoms with E-state index in [1.165, 1.54) is 0 Å². The second-order valence-electron chi connectivity index (χ2n) is 8.63. The van der Waals surface area contributed by atoms with Crippen molar-refractivity contribution in [3.8, 4) is 33.5 Å². The summed E-state index contributed by atoms with van der Waals surface area (Å²) < 4.78 is 6.77. The molecule has 0 N–H and O–H groups in total. The number of hydrogen-bond donors (Lipinski definition) is 0. The van der Waals surface area contributed by atoms with Crippen LogP contribution in [0, 0.1) is 0 Å². The highest BCUT2D eigenvalue weighted by molar-refractivity contribution is 6.19. The molecule has 7 rings (SSSR count). The molecule has 0 atom stereocenters. The van der Waals surface area contributed by atoms with Crippen LogP contribution in [0.3, 0.4) is 0 Å². The normalized spacial score (nSPS) is 11.4. The van der Waals surface area contributed by atoms with E-state index in [-0.39, 0.29) is 0 Å². The van der Waals surface area contributed by atoms with Crippen molar-refractivity contribution in [1.82, 2.24) is 9.97 Å². The van der Waals surface area contributed by atoms with E-state index in [9.17, 15) is 0 Å². The van der Waals surface area contributed by atoms with E-state index < -0.39 is 0 Å². The van der Waals surface area contributed by atoms with Crippen LogP contribution in [0.1, 0.15) is 0 Å². The first kappa shape index (κ1) is 19.7. The summed E-state index contributed by atoms with van der Waals surface area (Å²) in [6, 6.07) is 35.6. The lowest BCUT2D eigenvalue weighted by molar-refractivity contribution is 0.671. The number of furan rings is 1. The molecule has 0 aliphatic rings. The Hall–Kier alpha value is -4.76. The fraction of sp³-hybridized carbons (Fsp3) is 0. The maximum Gasteiger partial charge on any atom is 0.144 e. The van der Waals surface area contributed by atoms with Crippen LogP contribution in [0.25, 0.3) is 66.2 Å². The van der Waals surface area contributed by atoms with E-state index >= 15 is 0 Å². The summed E-state index contributed by atoms with van der Waals surface area (Å²) >= 11 is 0. The molecule has 0 saturated heterocycles. The molecule has 0 radical (unpaired) electrons. The number of pyridine rings is 2. The van der Waals surface area contributed by atoms with Crippen LogP contribution in [-0.2, 0) is 0 Å². The number of nitrogens with zero attached hydrogens (tertiary/aromatic N) is 2. The molecule has 0 aliphatic carbocycles. The van der Waals surface area contributed by atoms with Gasteiger partial charge in [-0.05, 0) is 52.4 Å². The number of rotatable bonds is 3. The van der Waals surface area contributed by atoms with Gasteiger partial charge in [0.25, 0.3) is 0 Å². The predicted octanol–water partition coefficient (Wildman–Crippen LogP) is 8.53. The van der Waals surface area contributed by atoms with Gasteiger partial charge in [0, 0.05) is 45.9 Å². The first-order valence-electron chi connectivity index (χ1n) is 11.7. The Bertz CT molecular complexity index is 1830. The highest BCUT2D eigenvalue weighted by atomic mass is 16.3. The molecule has 3 heteroatoms. The monoisotopic (exact) mass is 448 g/mol. The fourth-order valence-electron chi connectivity index (χ4n) is 5.04. The van der Waals surface area contributed by atoms with Crippen LogP contribution >= 0.6 is 0 Å². The molecule has 3 heterocycles. The summed E-state index contributed by atoms with van der Waals surface area (Å²) in [5.74, 6) is 0. The minimum Gasteiger partial charge on any atom is -0.455 e. The van der Waals surface area contributed by atoms with Crippen molar-refractivity contribution in [3.63, 3.8) is 0 Å². The molecule has 164 valence electrons. The largest absolute Gasteiger partial charge is 0.455 e. The molecule has 3 nitrogen and oxygen atoms in total. The quantitative estimate of drug-likeness (QED) is 0.272. The Balaban J connectivity index is 1.62. The maximum atomic E-state index is 6.77. The van der Waals surface area contributed by atoms with Crippen LogP contribution in [-0.4, -0.2) is 9.97 Å². The van der Waals surface area contributed by atoms with Gasteiger partial charge in [0.05, 0.1) is 5.69 Å². The lowest BCUT2D eigenvalue weighted by Gasteiger charge is -2.10.